The fourth-order valence-electron chi connectivity index (χ4n) is 1.92. The highest BCUT2D eigenvalue weighted by Crippen LogP contribution is 2.33. The lowest BCUT2D eigenvalue weighted by Crippen LogP contribution is -2.36. The van der Waals surface area contributed by atoms with Crippen molar-refractivity contribution in [2.75, 3.05) is 25.7 Å². The molecule has 2 N–H and O–H groups in total. The Morgan fingerprint density at radius 1 is 1.45 bits per heavy atom. The molecule has 7 heteroatoms. The topological polar surface area (TPSA) is 67.8 Å². The molecule has 0 saturated heterocycles. The predicted molar refractivity (Wildman–Crippen MR) is 93.1 cm³/mol. The van der Waals surface area contributed by atoms with Crippen LogP contribution < -0.4 is 14.8 Å². The summed E-state index contributed by atoms with van der Waals surface area (Å²) in [4.78, 5) is 11.2. The number of carboxylic acids is 1. The SMILES string of the molecule is CCOc1cc(Br)c(CNC(CCSC)C(=O)O)cc1OC. The Bertz CT molecular complexity index is 499. The zero-order valence-corrected chi connectivity index (χ0v) is 15.4. The number of ether oxygens (including phenoxy) is 2. The highest BCUT2D eigenvalue weighted by molar-refractivity contribution is 9.10. The molecule has 124 valence electrons. The summed E-state index contributed by atoms with van der Waals surface area (Å²) < 4.78 is 11.7. The molecule has 1 unspecified atom stereocenters. The number of thioether (sulfide) groups is 1. The van der Waals surface area contributed by atoms with E-state index in [2.05, 4.69) is 21.2 Å². The summed E-state index contributed by atoms with van der Waals surface area (Å²) in [6, 6.07) is 3.14. The van der Waals surface area contributed by atoms with Gasteiger partial charge < -0.3 is 19.9 Å². The van der Waals surface area contributed by atoms with Gasteiger partial charge >= 0.3 is 5.97 Å². The van der Waals surface area contributed by atoms with E-state index in [0.717, 1.165) is 15.8 Å². The molecule has 0 aliphatic carbocycles. The third-order valence-electron chi connectivity index (χ3n) is 3.08. The molecule has 0 amide bonds. The van der Waals surface area contributed by atoms with Gasteiger partial charge in [-0.2, -0.15) is 11.8 Å². The summed E-state index contributed by atoms with van der Waals surface area (Å²) >= 11 is 5.13. The van der Waals surface area contributed by atoms with Crippen molar-refractivity contribution >= 4 is 33.7 Å². The van der Waals surface area contributed by atoms with Gasteiger partial charge in [-0.05, 0) is 43.0 Å². The van der Waals surface area contributed by atoms with E-state index in [1.165, 1.54) is 0 Å². The lowest BCUT2D eigenvalue weighted by atomic mass is 10.1. The maximum Gasteiger partial charge on any atom is 0.320 e. The van der Waals surface area contributed by atoms with Gasteiger partial charge in [0.15, 0.2) is 11.5 Å². The molecule has 0 aliphatic heterocycles. The maximum atomic E-state index is 11.2. The minimum atomic E-state index is -0.830. The molecule has 1 aromatic rings. The summed E-state index contributed by atoms with van der Waals surface area (Å²) in [6.07, 6.45) is 2.55. The number of hydrogen-bond donors (Lipinski definition) is 2. The first-order chi connectivity index (χ1) is 10.5. The Kier molecular flexibility index (Phi) is 8.67. The van der Waals surface area contributed by atoms with E-state index in [9.17, 15) is 9.90 Å². The van der Waals surface area contributed by atoms with Gasteiger partial charge in [0.05, 0.1) is 13.7 Å². The number of carbonyl (C=O) groups is 1. The number of carboxylic acid groups (broad SMARTS) is 1. The van der Waals surface area contributed by atoms with E-state index in [1.807, 2.05) is 25.3 Å². The van der Waals surface area contributed by atoms with E-state index in [4.69, 9.17) is 9.47 Å². The quantitative estimate of drug-likeness (QED) is 0.638. The van der Waals surface area contributed by atoms with Crippen LogP contribution in [0.25, 0.3) is 0 Å². The number of nitrogens with one attached hydrogen (secondary N) is 1. The molecule has 0 saturated carbocycles. The minimum absolute atomic E-state index is 0.439. The van der Waals surface area contributed by atoms with Gasteiger partial charge in [0.25, 0.3) is 0 Å². The van der Waals surface area contributed by atoms with E-state index >= 15 is 0 Å². The van der Waals surface area contributed by atoms with Crippen molar-refractivity contribution in [1.29, 1.82) is 0 Å². The van der Waals surface area contributed by atoms with Gasteiger partial charge in [-0.15, -0.1) is 0 Å². The number of benzene rings is 1. The number of halogens is 1. The predicted octanol–water partition coefficient (Wildman–Crippen LogP) is 3.15. The van der Waals surface area contributed by atoms with Crippen molar-refractivity contribution in [3.8, 4) is 11.5 Å². The Morgan fingerprint density at radius 3 is 2.73 bits per heavy atom. The van der Waals surface area contributed by atoms with Gasteiger partial charge in [-0.1, -0.05) is 15.9 Å². The number of methoxy groups -OCH3 is 1. The average molecular weight is 392 g/mol. The van der Waals surface area contributed by atoms with Crippen LogP contribution in [-0.4, -0.2) is 42.8 Å². The van der Waals surface area contributed by atoms with Crippen molar-refractivity contribution in [2.24, 2.45) is 0 Å². The summed E-state index contributed by atoms with van der Waals surface area (Å²) in [5.41, 5.74) is 0.927. The molecule has 0 fully saturated rings. The fourth-order valence-corrected chi connectivity index (χ4v) is 2.86. The third kappa shape index (κ3) is 5.70. The Hall–Kier alpha value is -0.920. The molecule has 1 atom stereocenters. The normalized spacial score (nSPS) is 12.0. The molecule has 1 aromatic carbocycles. The van der Waals surface area contributed by atoms with Crippen LogP contribution in [-0.2, 0) is 11.3 Å². The van der Waals surface area contributed by atoms with Gasteiger partial charge in [0.2, 0.25) is 0 Å². The Labute approximate surface area is 143 Å². The second-order valence-corrected chi connectivity index (χ2v) is 6.42. The zero-order valence-electron chi connectivity index (χ0n) is 13.0. The molecule has 0 aromatic heterocycles. The lowest BCUT2D eigenvalue weighted by Gasteiger charge is -2.16. The van der Waals surface area contributed by atoms with Crippen LogP contribution in [0.5, 0.6) is 11.5 Å². The maximum absolute atomic E-state index is 11.2. The summed E-state index contributed by atoms with van der Waals surface area (Å²) in [6.45, 7) is 2.90. The van der Waals surface area contributed by atoms with Crippen LogP contribution in [0.3, 0.4) is 0 Å². The number of hydrogen-bond acceptors (Lipinski definition) is 5. The highest BCUT2D eigenvalue weighted by Gasteiger charge is 2.17. The molecule has 0 spiro atoms. The second-order valence-electron chi connectivity index (χ2n) is 4.58. The second kappa shape index (κ2) is 9.97. The Balaban J connectivity index is 2.81. The van der Waals surface area contributed by atoms with E-state index in [-0.39, 0.29) is 0 Å². The largest absolute Gasteiger partial charge is 0.493 e. The fraction of sp³-hybridized carbons (Fsp3) is 0.533. The van der Waals surface area contributed by atoms with Gasteiger partial charge in [-0.25, -0.2) is 0 Å². The van der Waals surface area contributed by atoms with Crippen molar-refractivity contribution in [2.45, 2.75) is 25.9 Å². The van der Waals surface area contributed by atoms with E-state index in [0.29, 0.717) is 31.1 Å². The molecule has 0 aliphatic rings. The summed E-state index contributed by atoms with van der Waals surface area (Å²) in [5.74, 6) is 1.27. The standard InChI is InChI=1S/C15H22BrNO4S/c1-4-21-14-8-11(16)10(7-13(14)20-2)9-17-12(15(18)19)5-6-22-3/h7-8,12,17H,4-6,9H2,1-3H3,(H,18,19). The average Bonchev–Trinajstić information content (AvgIpc) is 2.49. The van der Waals surface area contributed by atoms with Crippen molar-refractivity contribution in [1.82, 2.24) is 5.32 Å². The number of rotatable bonds is 10. The van der Waals surface area contributed by atoms with Gasteiger partial charge in [-0.3, -0.25) is 4.79 Å². The van der Waals surface area contributed by atoms with Gasteiger partial charge in [0.1, 0.15) is 6.04 Å². The van der Waals surface area contributed by atoms with Crippen molar-refractivity contribution < 1.29 is 19.4 Å². The first-order valence-corrected chi connectivity index (χ1v) is 9.16. The molecular formula is C15H22BrNO4S. The molecule has 0 radical (unpaired) electrons. The molecular weight excluding hydrogens is 370 g/mol. The molecule has 1 rings (SSSR count). The first-order valence-electron chi connectivity index (χ1n) is 6.97. The van der Waals surface area contributed by atoms with Crippen LogP contribution in [0, 0.1) is 0 Å². The zero-order chi connectivity index (χ0) is 16.5. The van der Waals surface area contributed by atoms with Crippen molar-refractivity contribution in [3.63, 3.8) is 0 Å². The van der Waals surface area contributed by atoms with E-state index < -0.39 is 12.0 Å². The molecule has 5 nitrogen and oxygen atoms in total. The monoisotopic (exact) mass is 391 g/mol. The van der Waals surface area contributed by atoms with Gasteiger partial charge in [0, 0.05) is 11.0 Å². The van der Waals surface area contributed by atoms with E-state index in [1.54, 1.807) is 18.9 Å². The summed E-state index contributed by atoms with van der Waals surface area (Å²) in [7, 11) is 1.58. The highest BCUT2D eigenvalue weighted by atomic mass is 79.9. The first kappa shape index (κ1) is 19.1. The van der Waals surface area contributed by atoms with Crippen LogP contribution in [0.2, 0.25) is 0 Å². The van der Waals surface area contributed by atoms with Crippen LogP contribution in [0.4, 0.5) is 0 Å². The third-order valence-corrected chi connectivity index (χ3v) is 4.46. The smallest absolute Gasteiger partial charge is 0.320 e. The number of aliphatic carboxylic acids is 1. The van der Waals surface area contributed by atoms with Crippen molar-refractivity contribution in [3.05, 3.63) is 22.2 Å². The minimum Gasteiger partial charge on any atom is -0.493 e. The summed E-state index contributed by atoms with van der Waals surface area (Å²) in [5, 5.41) is 12.3. The van der Waals surface area contributed by atoms with Crippen LogP contribution >= 0.6 is 27.7 Å². The lowest BCUT2D eigenvalue weighted by molar-refractivity contribution is -0.139. The van der Waals surface area contributed by atoms with Crippen LogP contribution in [0.1, 0.15) is 18.9 Å². The Morgan fingerprint density at radius 2 is 2.18 bits per heavy atom. The molecule has 0 heterocycles. The van der Waals surface area contributed by atoms with Crippen LogP contribution in [0.15, 0.2) is 16.6 Å². The molecule has 0 bridgehead atoms. The molecule has 22 heavy (non-hydrogen) atoms.